The first-order valence-corrected chi connectivity index (χ1v) is 13.2. The summed E-state index contributed by atoms with van der Waals surface area (Å²) in [4.78, 5) is 23.7. The highest BCUT2D eigenvalue weighted by Crippen LogP contribution is 2.36. The number of primary amides is 1. The fourth-order valence-corrected chi connectivity index (χ4v) is 4.68. The molecule has 35 heavy (non-hydrogen) atoms. The lowest BCUT2D eigenvalue weighted by Gasteiger charge is -2.20. The number of para-hydroxylation sites is 1. The summed E-state index contributed by atoms with van der Waals surface area (Å²) in [6, 6.07) is 12.7. The van der Waals surface area contributed by atoms with Crippen LogP contribution in [0.5, 0.6) is 5.75 Å². The SMILES string of the molecule is CCC(CC)COC(=O)CNP(OCC1CCC([n+]2cccc(C(N)=O)c2)O1)Oc1ccccc1. The van der Waals surface area contributed by atoms with Gasteiger partial charge < -0.3 is 24.3 Å². The van der Waals surface area contributed by atoms with Crippen LogP contribution in [0.3, 0.4) is 0 Å². The second-order valence-electron chi connectivity index (χ2n) is 8.35. The summed E-state index contributed by atoms with van der Waals surface area (Å²) in [5, 5.41) is 3.05. The van der Waals surface area contributed by atoms with Crippen molar-refractivity contribution in [1.29, 1.82) is 0 Å². The molecule has 3 atom stereocenters. The smallest absolute Gasteiger partial charge is 0.320 e. The number of carbonyl (C=O) groups excluding carboxylic acids is 2. The Bertz CT molecular complexity index is 944. The van der Waals surface area contributed by atoms with E-state index in [2.05, 4.69) is 18.9 Å². The predicted molar refractivity (Wildman–Crippen MR) is 131 cm³/mol. The second kappa shape index (κ2) is 14.1. The summed E-state index contributed by atoms with van der Waals surface area (Å²) in [5.41, 5.74) is 5.81. The van der Waals surface area contributed by atoms with Gasteiger partial charge in [0.25, 0.3) is 12.1 Å². The monoisotopic (exact) mass is 504 g/mol. The number of benzene rings is 1. The number of amides is 1. The molecule has 1 amide bonds. The quantitative estimate of drug-likeness (QED) is 0.229. The minimum absolute atomic E-state index is 0.0113. The first-order chi connectivity index (χ1) is 17.0. The molecule has 1 fully saturated rings. The molecule has 2 heterocycles. The number of hydrogen-bond donors (Lipinski definition) is 2. The van der Waals surface area contributed by atoms with Gasteiger partial charge >= 0.3 is 14.5 Å². The summed E-state index contributed by atoms with van der Waals surface area (Å²) < 4.78 is 25.3. The van der Waals surface area contributed by atoms with Crippen LogP contribution >= 0.6 is 8.53 Å². The fraction of sp³-hybridized carbons (Fsp3) is 0.480. The van der Waals surface area contributed by atoms with Crippen LogP contribution in [0.25, 0.3) is 0 Å². The van der Waals surface area contributed by atoms with E-state index in [-0.39, 0.29) is 24.8 Å². The molecule has 1 aromatic carbocycles. The maximum atomic E-state index is 12.2. The van der Waals surface area contributed by atoms with Gasteiger partial charge in [0.15, 0.2) is 12.4 Å². The zero-order chi connectivity index (χ0) is 25.0. The molecule has 3 N–H and O–H groups in total. The summed E-state index contributed by atoms with van der Waals surface area (Å²) >= 11 is 0. The standard InChI is InChI=1S/C25H34N3O6P/c1-3-19(4-2)17-31-24(29)15-27-35(34-21-10-6-5-7-11-21)32-18-22-12-13-23(33-22)28-14-8-9-20(16-28)25(26)30/h5-11,14,16,19,22-23,27H,3-4,12-13,15,17-18H2,1-2H3,(H-,26,30)/p+1. The van der Waals surface area contributed by atoms with E-state index in [0.717, 1.165) is 25.7 Å². The molecule has 190 valence electrons. The minimum atomic E-state index is -1.60. The second-order valence-corrected chi connectivity index (χ2v) is 9.62. The first-order valence-electron chi connectivity index (χ1n) is 12.0. The van der Waals surface area contributed by atoms with Gasteiger partial charge in [-0.3, -0.25) is 9.59 Å². The van der Waals surface area contributed by atoms with E-state index in [1.54, 1.807) is 18.3 Å². The summed E-state index contributed by atoms with van der Waals surface area (Å²) in [6.45, 7) is 4.87. The molecule has 1 aromatic heterocycles. The number of nitrogens with one attached hydrogen (secondary N) is 1. The van der Waals surface area contributed by atoms with E-state index in [9.17, 15) is 9.59 Å². The summed E-state index contributed by atoms with van der Waals surface area (Å²) in [5.74, 6) is 0.185. The van der Waals surface area contributed by atoms with Crippen LogP contribution in [0.2, 0.25) is 0 Å². The van der Waals surface area contributed by atoms with Crippen LogP contribution in [-0.2, 0) is 18.8 Å². The average molecular weight is 505 g/mol. The maximum absolute atomic E-state index is 12.2. The average Bonchev–Trinajstić information content (AvgIpc) is 3.36. The number of nitrogens with zero attached hydrogens (tertiary/aromatic N) is 1. The molecule has 1 aliphatic heterocycles. The van der Waals surface area contributed by atoms with Crippen molar-refractivity contribution in [3.8, 4) is 5.75 Å². The molecule has 3 rings (SSSR count). The number of nitrogens with two attached hydrogens (primary N) is 1. The third-order valence-electron chi connectivity index (χ3n) is 5.82. The molecule has 0 saturated carbocycles. The Morgan fingerprint density at radius 1 is 1.17 bits per heavy atom. The predicted octanol–water partition coefficient (Wildman–Crippen LogP) is 3.64. The van der Waals surface area contributed by atoms with Crippen LogP contribution in [-0.4, -0.2) is 37.7 Å². The van der Waals surface area contributed by atoms with Crippen molar-refractivity contribution in [3.63, 3.8) is 0 Å². The van der Waals surface area contributed by atoms with Gasteiger partial charge in [0.1, 0.15) is 17.9 Å². The van der Waals surface area contributed by atoms with Gasteiger partial charge in [-0.15, -0.1) is 0 Å². The number of ether oxygens (including phenoxy) is 2. The number of aromatic nitrogens is 1. The van der Waals surface area contributed by atoms with E-state index in [1.807, 2.05) is 41.1 Å². The van der Waals surface area contributed by atoms with Gasteiger partial charge in [-0.1, -0.05) is 44.9 Å². The molecule has 9 nitrogen and oxygen atoms in total. The number of rotatable bonds is 14. The highest BCUT2D eigenvalue weighted by atomic mass is 31.2. The molecule has 0 aliphatic carbocycles. The van der Waals surface area contributed by atoms with Crippen LogP contribution in [0, 0.1) is 5.92 Å². The first kappa shape index (κ1) is 27.0. The van der Waals surface area contributed by atoms with Crippen LogP contribution < -0.4 is 19.9 Å². The Morgan fingerprint density at radius 3 is 2.66 bits per heavy atom. The van der Waals surface area contributed by atoms with Crippen molar-refractivity contribution in [2.24, 2.45) is 11.7 Å². The highest BCUT2D eigenvalue weighted by molar-refractivity contribution is 7.45. The Morgan fingerprint density at radius 2 is 1.94 bits per heavy atom. The van der Waals surface area contributed by atoms with E-state index in [0.29, 0.717) is 30.4 Å². The van der Waals surface area contributed by atoms with E-state index < -0.39 is 14.4 Å². The van der Waals surface area contributed by atoms with Gasteiger partial charge in [-0.2, -0.15) is 4.57 Å². The largest absolute Gasteiger partial charge is 0.464 e. The Labute approximate surface area is 207 Å². The van der Waals surface area contributed by atoms with Crippen LogP contribution in [0.4, 0.5) is 0 Å². The van der Waals surface area contributed by atoms with Gasteiger partial charge in [0.05, 0.1) is 19.3 Å². The van der Waals surface area contributed by atoms with Gasteiger partial charge in [0, 0.05) is 12.5 Å². The van der Waals surface area contributed by atoms with Gasteiger partial charge in [-0.05, 0) is 30.5 Å². The Balaban J connectivity index is 1.52. The van der Waals surface area contributed by atoms with E-state index >= 15 is 0 Å². The van der Waals surface area contributed by atoms with Gasteiger partial charge in [-0.25, -0.2) is 5.09 Å². The van der Waals surface area contributed by atoms with Crippen molar-refractivity contribution in [3.05, 3.63) is 60.4 Å². The minimum Gasteiger partial charge on any atom is -0.464 e. The normalized spacial score (nSPS) is 18.4. The van der Waals surface area contributed by atoms with E-state index in [1.165, 1.54) is 0 Å². The van der Waals surface area contributed by atoms with Crippen molar-refractivity contribution in [2.75, 3.05) is 19.8 Å². The van der Waals surface area contributed by atoms with Gasteiger partial charge in [0.2, 0.25) is 0 Å². The van der Waals surface area contributed by atoms with Crippen molar-refractivity contribution in [1.82, 2.24) is 5.09 Å². The molecule has 0 spiro atoms. The van der Waals surface area contributed by atoms with Crippen molar-refractivity contribution in [2.45, 2.75) is 51.9 Å². The molecular formula is C25H35N3O6P+. The lowest BCUT2D eigenvalue weighted by molar-refractivity contribution is -0.759. The third kappa shape index (κ3) is 8.85. The number of esters is 1. The molecular weight excluding hydrogens is 469 g/mol. The molecule has 10 heteroatoms. The van der Waals surface area contributed by atoms with Crippen molar-refractivity contribution < 1.29 is 32.7 Å². The highest BCUT2D eigenvalue weighted by Gasteiger charge is 2.33. The van der Waals surface area contributed by atoms with E-state index in [4.69, 9.17) is 24.3 Å². The van der Waals surface area contributed by atoms with Crippen LogP contribution in [0.15, 0.2) is 54.9 Å². The summed E-state index contributed by atoms with van der Waals surface area (Å²) in [7, 11) is -1.60. The zero-order valence-corrected chi connectivity index (χ0v) is 21.2. The number of carbonyl (C=O) groups is 2. The molecule has 1 aliphatic rings. The Kier molecular flexibility index (Phi) is 10.9. The molecule has 1 saturated heterocycles. The zero-order valence-electron chi connectivity index (χ0n) is 20.3. The molecule has 0 radical (unpaired) electrons. The number of hydrogen-bond acceptors (Lipinski definition) is 7. The van der Waals surface area contributed by atoms with Crippen molar-refractivity contribution >= 4 is 20.4 Å². The lowest BCUT2D eigenvalue weighted by Crippen LogP contribution is -2.40. The maximum Gasteiger partial charge on any atom is 0.320 e. The third-order valence-corrected chi connectivity index (χ3v) is 7.00. The lowest BCUT2D eigenvalue weighted by atomic mass is 10.1. The molecule has 2 aromatic rings. The fourth-order valence-electron chi connectivity index (χ4n) is 3.59. The Hall–Kier alpha value is -2.58. The number of pyridine rings is 1. The molecule has 3 unspecified atom stereocenters. The molecule has 0 bridgehead atoms. The van der Waals surface area contributed by atoms with Crippen LogP contribution in [0.1, 0.15) is 56.1 Å². The summed E-state index contributed by atoms with van der Waals surface area (Å²) in [6.07, 6.45) is 6.67. The topological polar surface area (TPSA) is 113 Å².